The Balaban J connectivity index is 1.40. The quantitative estimate of drug-likeness (QED) is 0.602. The summed E-state index contributed by atoms with van der Waals surface area (Å²) in [6.07, 6.45) is 6.41. The fourth-order valence-corrected chi connectivity index (χ4v) is 5.31. The Morgan fingerprint density at radius 3 is 2.27 bits per heavy atom. The molecule has 160 valence electrons. The molecule has 30 heavy (non-hydrogen) atoms. The molecule has 1 N–H and O–H groups in total. The summed E-state index contributed by atoms with van der Waals surface area (Å²) in [5.74, 6) is 0.404. The van der Waals surface area contributed by atoms with Crippen molar-refractivity contribution in [3.8, 4) is 0 Å². The maximum Gasteiger partial charge on any atom is 0.114 e. The number of allylic oxidation sites excluding steroid dienone is 1. The summed E-state index contributed by atoms with van der Waals surface area (Å²) in [5, 5.41) is 11.8. The van der Waals surface area contributed by atoms with Crippen molar-refractivity contribution in [2.45, 2.75) is 64.4 Å². The summed E-state index contributed by atoms with van der Waals surface area (Å²) < 4.78 is 12.3. The summed E-state index contributed by atoms with van der Waals surface area (Å²) in [5.41, 5.74) is 2.30. The van der Waals surface area contributed by atoms with Crippen LogP contribution in [0.3, 0.4) is 0 Å². The second-order valence-corrected chi connectivity index (χ2v) is 9.27. The SMILES string of the molecule is CC1=CC[C@H]2C[C@@H](OCc3ccccc3)CC[C@]2(C)C1(O)COCc1ccccc1. The Morgan fingerprint density at radius 2 is 1.60 bits per heavy atom. The predicted octanol–water partition coefficient (Wildman–Crippen LogP) is 5.68. The average Bonchev–Trinajstić information content (AvgIpc) is 2.78. The number of aliphatic hydroxyl groups is 1. The molecule has 2 aliphatic rings. The maximum absolute atomic E-state index is 11.8. The predicted molar refractivity (Wildman–Crippen MR) is 120 cm³/mol. The molecule has 4 atom stereocenters. The van der Waals surface area contributed by atoms with Crippen LogP contribution in [0.5, 0.6) is 0 Å². The molecule has 0 aliphatic heterocycles. The Kier molecular flexibility index (Phi) is 6.43. The fraction of sp³-hybridized carbons (Fsp3) is 0.481. The van der Waals surface area contributed by atoms with Crippen molar-refractivity contribution >= 4 is 0 Å². The molecule has 0 amide bonds. The van der Waals surface area contributed by atoms with Crippen LogP contribution in [0.25, 0.3) is 0 Å². The lowest BCUT2D eigenvalue weighted by Crippen LogP contribution is -2.59. The van der Waals surface area contributed by atoms with Crippen LogP contribution in [0, 0.1) is 11.3 Å². The number of fused-ring (bicyclic) bond motifs is 1. The maximum atomic E-state index is 11.8. The van der Waals surface area contributed by atoms with E-state index < -0.39 is 5.60 Å². The van der Waals surface area contributed by atoms with E-state index in [0.717, 1.165) is 36.8 Å². The van der Waals surface area contributed by atoms with Crippen LogP contribution in [0.4, 0.5) is 0 Å². The zero-order chi connectivity index (χ0) is 21.0. The monoisotopic (exact) mass is 406 g/mol. The second kappa shape index (κ2) is 9.05. The van der Waals surface area contributed by atoms with E-state index in [1.54, 1.807) is 0 Å². The van der Waals surface area contributed by atoms with Crippen LogP contribution in [0.1, 0.15) is 50.7 Å². The lowest BCUT2D eigenvalue weighted by molar-refractivity contribution is -0.163. The van der Waals surface area contributed by atoms with Gasteiger partial charge in [-0.15, -0.1) is 0 Å². The standard InChI is InChI=1S/C27H34O3/c1-21-13-14-24-17-25(30-19-23-11-7-4-8-12-23)15-16-26(24,2)27(21,28)20-29-18-22-9-5-3-6-10-22/h3-13,24-25,28H,14-20H2,1-2H3/t24-,25-,26-,27?/m0/s1. The van der Waals surface area contributed by atoms with Crippen LogP contribution < -0.4 is 0 Å². The molecule has 1 fully saturated rings. The molecule has 0 saturated heterocycles. The molecule has 3 heteroatoms. The minimum atomic E-state index is -0.922. The number of ether oxygens (including phenoxy) is 2. The molecule has 2 aromatic rings. The van der Waals surface area contributed by atoms with Gasteiger partial charge in [-0.05, 0) is 55.2 Å². The van der Waals surface area contributed by atoms with Crippen LogP contribution in [-0.4, -0.2) is 23.4 Å². The van der Waals surface area contributed by atoms with Gasteiger partial charge < -0.3 is 14.6 Å². The zero-order valence-corrected chi connectivity index (χ0v) is 18.2. The van der Waals surface area contributed by atoms with E-state index in [1.807, 2.05) is 24.3 Å². The highest BCUT2D eigenvalue weighted by Gasteiger charge is 2.56. The van der Waals surface area contributed by atoms with Crippen molar-refractivity contribution in [2.75, 3.05) is 6.61 Å². The van der Waals surface area contributed by atoms with Crippen LogP contribution in [0.15, 0.2) is 72.3 Å². The molecule has 1 saturated carbocycles. The first-order chi connectivity index (χ1) is 14.5. The first-order valence-corrected chi connectivity index (χ1v) is 11.2. The Hall–Kier alpha value is -1.94. The normalized spacial score (nSPS) is 31.1. The summed E-state index contributed by atoms with van der Waals surface area (Å²) in [7, 11) is 0. The second-order valence-electron chi connectivity index (χ2n) is 9.27. The topological polar surface area (TPSA) is 38.7 Å². The van der Waals surface area contributed by atoms with Crippen LogP contribution in [-0.2, 0) is 22.7 Å². The van der Waals surface area contributed by atoms with Gasteiger partial charge in [0, 0.05) is 5.41 Å². The molecule has 0 spiro atoms. The fourth-order valence-electron chi connectivity index (χ4n) is 5.31. The minimum Gasteiger partial charge on any atom is -0.383 e. The van der Waals surface area contributed by atoms with Crippen molar-refractivity contribution in [3.63, 3.8) is 0 Å². The van der Waals surface area contributed by atoms with Crippen molar-refractivity contribution in [1.29, 1.82) is 0 Å². The number of rotatable bonds is 7. The number of hydrogen-bond acceptors (Lipinski definition) is 3. The number of benzene rings is 2. The summed E-state index contributed by atoms with van der Waals surface area (Å²) >= 11 is 0. The molecule has 0 aromatic heterocycles. The minimum absolute atomic E-state index is 0.185. The van der Waals surface area contributed by atoms with Gasteiger partial charge in [0.25, 0.3) is 0 Å². The molecular weight excluding hydrogens is 372 g/mol. The highest BCUT2D eigenvalue weighted by Crippen LogP contribution is 2.55. The summed E-state index contributed by atoms with van der Waals surface area (Å²) in [6.45, 7) is 5.85. The average molecular weight is 407 g/mol. The molecule has 1 unspecified atom stereocenters. The van der Waals surface area contributed by atoms with E-state index in [-0.39, 0.29) is 11.5 Å². The molecule has 2 aliphatic carbocycles. The van der Waals surface area contributed by atoms with Gasteiger partial charge in [-0.25, -0.2) is 0 Å². The third-order valence-corrected chi connectivity index (χ3v) is 7.49. The van der Waals surface area contributed by atoms with Crippen LogP contribution >= 0.6 is 0 Å². The van der Waals surface area contributed by atoms with Gasteiger partial charge in [0.1, 0.15) is 5.60 Å². The molecule has 0 heterocycles. The van der Waals surface area contributed by atoms with Gasteiger partial charge in [-0.3, -0.25) is 0 Å². The van der Waals surface area contributed by atoms with Gasteiger partial charge >= 0.3 is 0 Å². The Labute approximate surface area is 180 Å². The zero-order valence-electron chi connectivity index (χ0n) is 18.2. The third kappa shape index (κ3) is 4.25. The molecule has 2 aromatic carbocycles. The van der Waals surface area contributed by atoms with Gasteiger partial charge in [-0.2, -0.15) is 0 Å². The van der Waals surface area contributed by atoms with Crippen LogP contribution in [0.2, 0.25) is 0 Å². The van der Waals surface area contributed by atoms with Crippen molar-refractivity contribution in [2.24, 2.45) is 11.3 Å². The van der Waals surface area contributed by atoms with E-state index >= 15 is 0 Å². The van der Waals surface area contributed by atoms with Crippen molar-refractivity contribution < 1.29 is 14.6 Å². The van der Waals surface area contributed by atoms with Crippen molar-refractivity contribution in [1.82, 2.24) is 0 Å². The molecule has 3 nitrogen and oxygen atoms in total. The summed E-state index contributed by atoms with van der Waals surface area (Å²) in [6, 6.07) is 20.6. The van der Waals surface area contributed by atoms with Gasteiger partial charge in [0.15, 0.2) is 0 Å². The molecular formula is C27H34O3. The van der Waals surface area contributed by atoms with E-state index in [0.29, 0.717) is 25.7 Å². The number of hydrogen-bond donors (Lipinski definition) is 1. The highest BCUT2D eigenvalue weighted by molar-refractivity contribution is 5.26. The first kappa shape index (κ1) is 21.3. The molecule has 4 rings (SSSR count). The Bertz CT molecular complexity index is 847. The van der Waals surface area contributed by atoms with Gasteiger partial charge in [0.2, 0.25) is 0 Å². The Morgan fingerprint density at radius 1 is 0.967 bits per heavy atom. The molecule has 0 radical (unpaired) electrons. The van der Waals surface area contributed by atoms with Gasteiger partial charge in [-0.1, -0.05) is 73.7 Å². The van der Waals surface area contributed by atoms with Gasteiger partial charge in [0.05, 0.1) is 25.9 Å². The smallest absolute Gasteiger partial charge is 0.114 e. The molecule has 0 bridgehead atoms. The lowest BCUT2D eigenvalue weighted by atomic mass is 9.53. The van der Waals surface area contributed by atoms with E-state index in [2.05, 4.69) is 56.3 Å². The highest BCUT2D eigenvalue weighted by atomic mass is 16.5. The largest absolute Gasteiger partial charge is 0.383 e. The summed E-state index contributed by atoms with van der Waals surface area (Å²) in [4.78, 5) is 0. The third-order valence-electron chi connectivity index (χ3n) is 7.49. The van der Waals surface area contributed by atoms with Crippen molar-refractivity contribution in [3.05, 3.63) is 83.4 Å². The van der Waals surface area contributed by atoms with E-state index in [9.17, 15) is 5.11 Å². The first-order valence-electron chi connectivity index (χ1n) is 11.2. The van der Waals surface area contributed by atoms with E-state index in [1.165, 1.54) is 5.56 Å². The van der Waals surface area contributed by atoms with E-state index in [4.69, 9.17) is 9.47 Å². The lowest BCUT2D eigenvalue weighted by Gasteiger charge is -2.56.